The van der Waals surface area contributed by atoms with E-state index in [0.29, 0.717) is 0 Å². The number of carbonyl (C=O) groups is 2. The first-order valence-electron chi connectivity index (χ1n) is 8.38. The van der Waals surface area contributed by atoms with Crippen LogP contribution in [0.1, 0.15) is 13.8 Å². The molecule has 0 aliphatic carbocycles. The minimum atomic E-state index is -1.25. The van der Waals surface area contributed by atoms with Gasteiger partial charge in [-0.1, -0.05) is 46.3 Å². The number of fused-ring (bicyclic) bond motifs is 3. The molecule has 1 aliphatic heterocycles. The van der Waals surface area contributed by atoms with Gasteiger partial charge in [-0.05, 0) is 39.7 Å². The van der Waals surface area contributed by atoms with Crippen LogP contribution in [0, 0.1) is 0 Å². The van der Waals surface area contributed by atoms with Gasteiger partial charge in [-0.25, -0.2) is 9.59 Å². The summed E-state index contributed by atoms with van der Waals surface area (Å²) in [4.78, 5) is 24.1. The number of halogens is 1. The van der Waals surface area contributed by atoms with Crippen molar-refractivity contribution in [2.24, 2.45) is 0 Å². The molecule has 0 unspecified atom stereocenters. The van der Waals surface area contributed by atoms with Crippen molar-refractivity contribution in [1.82, 2.24) is 0 Å². The Morgan fingerprint density at radius 1 is 0.926 bits per heavy atom. The van der Waals surface area contributed by atoms with E-state index < -0.39 is 17.7 Å². The standard InChI is InChI=1S/C21H16BrNO4/c1-21(2)26-19(24)17(20(25)27-21)11-23-13-8-7-12-9-18(22)15-6-4-3-5-14(15)16(12)10-13/h3-11,23H,1-2H3. The Bertz CT molecular complexity index is 1110. The maximum atomic E-state index is 12.0. The van der Waals surface area contributed by atoms with Gasteiger partial charge in [0.05, 0.1) is 0 Å². The average Bonchev–Trinajstić information content (AvgIpc) is 2.60. The second-order valence-corrected chi connectivity index (χ2v) is 7.58. The number of carbonyl (C=O) groups excluding carboxylic acids is 2. The van der Waals surface area contributed by atoms with Crippen LogP contribution in [0.5, 0.6) is 0 Å². The van der Waals surface area contributed by atoms with Crippen LogP contribution >= 0.6 is 15.9 Å². The Morgan fingerprint density at radius 3 is 2.30 bits per heavy atom. The Hall–Kier alpha value is -2.86. The average molecular weight is 426 g/mol. The fourth-order valence-corrected chi connectivity index (χ4v) is 3.67. The Kier molecular flexibility index (Phi) is 4.15. The first kappa shape index (κ1) is 17.5. The zero-order chi connectivity index (χ0) is 19.2. The highest BCUT2D eigenvalue weighted by molar-refractivity contribution is 9.10. The molecule has 136 valence electrons. The van der Waals surface area contributed by atoms with E-state index in [0.717, 1.165) is 31.7 Å². The van der Waals surface area contributed by atoms with Crippen LogP contribution < -0.4 is 5.32 Å². The molecule has 0 bridgehead atoms. The normalized spacial score (nSPS) is 16.2. The van der Waals surface area contributed by atoms with Crippen molar-refractivity contribution in [3.63, 3.8) is 0 Å². The van der Waals surface area contributed by atoms with E-state index in [4.69, 9.17) is 9.47 Å². The molecule has 0 atom stereocenters. The summed E-state index contributed by atoms with van der Waals surface area (Å²) in [6, 6.07) is 16.0. The summed E-state index contributed by atoms with van der Waals surface area (Å²) in [5, 5.41) is 7.36. The molecule has 0 spiro atoms. The third-order valence-corrected chi connectivity index (χ3v) is 4.97. The number of nitrogens with one attached hydrogen (secondary N) is 1. The fourth-order valence-electron chi connectivity index (χ4n) is 3.08. The molecule has 4 rings (SSSR count). The topological polar surface area (TPSA) is 64.6 Å². The van der Waals surface area contributed by atoms with Crippen LogP contribution in [0.4, 0.5) is 5.69 Å². The van der Waals surface area contributed by atoms with Crippen molar-refractivity contribution >= 4 is 55.1 Å². The lowest BCUT2D eigenvalue weighted by molar-refractivity contribution is -0.222. The molecule has 3 aromatic carbocycles. The van der Waals surface area contributed by atoms with Crippen LogP contribution in [0.2, 0.25) is 0 Å². The van der Waals surface area contributed by atoms with Gasteiger partial charge in [0.1, 0.15) is 0 Å². The van der Waals surface area contributed by atoms with E-state index in [1.807, 2.05) is 30.3 Å². The van der Waals surface area contributed by atoms with Crippen LogP contribution in [-0.4, -0.2) is 17.7 Å². The summed E-state index contributed by atoms with van der Waals surface area (Å²) in [5.74, 6) is -2.67. The summed E-state index contributed by atoms with van der Waals surface area (Å²) < 4.78 is 11.2. The molecule has 6 heteroatoms. The van der Waals surface area contributed by atoms with Gasteiger partial charge in [0, 0.05) is 30.2 Å². The van der Waals surface area contributed by atoms with Crippen LogP contribution in [0.3, 0.4) is 0 Å². The highest BCUT2D eigenvalue weighted by Crippen LogP contribution is 2.33. The number of hydrogen-bond donors (Lipinski definition) is 1. The quantitative estimate of drug-likeness (QED) is 0.274. The first-order chi connectivity index (χ1) is 12.8. The van der Waals surface area contributed by atoms with Gasteiger partial charge in [0.2, 0.25) is 0 Å². The molecule has 1 saturated heterocycles. The van der Waals surface area contributed by atoms with E-state index in [2.05, 4.69) is 39.4 Å². The van der Waals surface area contributed by atoms with Crippen molar-refractivity contribution in [3.8, 4) is 0 Å². The number of rotatable bonds is 2. The molecule has 1 fully saturated rings. The van der Waals surface area contributed by atoms with Gasteiger partial charge >= 0.3 is 11.9 Å². The van der Waals surface area contributed by atoms with E-state index in [1.165, 1.54) is 20.0 Å². The minimum Gasteiger partial charge on any atom is -0.419 e. The second-order valence-electron chi connectivity index (χ2n) is 6.72. The van der Waals surface area contributed by atoms with Crippen LogP contribution in [0.15, 0.2) is 64.8 Å². The Morgan fingerprint density at radius 2 is 1.59 bits per heavy atom. The van der Waals surface area contributed by atoms with Gasteiger partial charge in [0.25, 0.3) is 5.79 Å². The highest BCUT2D eigenvalue weighted by Gasteiger charge is 2.38. The molecule has 1 heterocycles. The first-order valence-corrected chi connectivity index (χ1v) is 9.18. The second kappa shape index (κ2) is 6.39. The SMILES string of the molecule is CC1(C)OC(=O)C(=CNc2ccc3cc(Br)c4ccccc4c3c2)C(=O)O1. The number of esters is 2. The van der Waals surface area contributed by atoms with E-state index in [-0.39, 0.29) is 5.57 Å². The van der Waals surface area contributed by atoms with Gasteiger partial charge in [-0.3, -0.25) is 0 Å². The minimum absolute atomic E-state index is 0.171. The molecule has 1 N–H and O–H groups in total. The van der Waals surface area contributed by atoms with Gasteiger partial charge in [-0.2, -0.15) is 0 Å². The molecule has 0 saturated carbocycles. The molecule has 0 amide bonds. The van der Waals surface area contributed by atoms with Crippen molar-refractivity contribution in [2.75, 3.05) is 5.32 Å². The molecule has 5 nitrogen and oxygen atoms in total. The Balaban J connectivity index is 1.71. The third-order valence-electron chi connectivity index (χ3n) is 4.31. The zero-order valence-electron chi connectivity index (χ0n) is 14.7. The molecule has 3 aromatic rings. The maximum absolute atomic E-state index is 12.0. The van der Waals surface area contributed by atoms with Gasteiger partial charge in [0.15, 0.2) is 5.57 Å². The lowest BCUT2D eigenvalue weighted by Gasteiger charge is -2.29. The predicted molar refractivity (Wildman–Crippen MR) is 107 cm³/mol. The lowest BCUT2D eigenvalue weighted by atomic mass is 10.0. The largest absolute Gasteiger partial charge is 0.419 e. The van der Waals surface area contributed by atoms with Crippen molar-refractivity contribution < 1.29 is 19.1 Å². The summed E-state index contributed by atoms with van der Waals surface area (Å²) in [6.07, 6.45) is 1.32. The maximum Gasteiger partial charge on any atom is 0.350 e. The predicted octanol–water partition coefficient (Wildman–Crippen LogP) is 4.89. The summed E-state index contributed by atoms with van der Waals surface area (Å²) in [6.45, 7) is 3.03. The van der Waals surface area contributed by atoms with Crippen LogP contribution in [0.25, 0.3) is 21.5 Å². The summed E-state index contributed by atoms with van der Waals surface area (Å²) in [7, 11) is 0. The molecular formula is C21H16BrNO4. The number of ether oxygens (including phenoxy) is 2. The number of anilines is 1. The van der Waals surface area contributed by atoms with E-state index in [9.17, 15) is 9.59 Å². The van der Waals surface area contributed by atoms with E-state index in [1.54, 1.807) is 0 Å². The summed E-state index contributed by atoms with van der Waals surface area (Å²) >= 11 is 3.61. The molecule has 27 heavy (non-hydrogen) atoms. The zero-order valence-corrected chi connectivity index (χ0v) is 16.3. The van der Waals surface area contributed by atoms with Crippen molar-refractivity contribution in [2.45, 2.75) is 19.6 Å². The smallest absolute Gasteiger partial charge is 0.350 e. The molecule has 0 radical (unpaired) electrons. The van der Waals surface area contributed by atoms with Gasteiger partial charge in [-0.15, -0.1) is 0 Å². The third kappa shape index (κ3) is 3.28. The summed E-state index contributed by atoms with van der Waals surface area (Å²) in [5.41, 5.74) is 0.572. The Labute approximate surface area is 164 Å². The fraction of sp³-hybridized carbons (Fsp3) is 0.143. The molecule has 0 aromatic heterocycles. The number of hydrogen-bond acceptors (Lipinski definition) is 5. The number of cyclic esters (lactones) is 2. The molecular weight excluding hydrogens is 410 g/mol. The molecule has 1 aliphatic rings. The van der Waals surface area contributed by atoms with Gasteiger partial charge < -0.3 is 14.8 Å². The van der Waals surface area contributed by atoms with Crippen LogP contribution in [-0.2, 0) is 19.1 Å². The lowest BCUT2D eigenvalue weighted by Crippen LogP contribution is -2.42. The monoisotopic (exact) mass is 425 g/mol. The van der Waals surface area contributed by atoms with Crippen molar-refractivity contribution in [1.29, 1.82) is 0 Å². The van der Waals surface area contributed by atoms with E-state index >= 15 is 0 Å². The highest BCUT2D eigenvalue weighted by atomic mass is 79.9. The number of benzene rings is 3. The van der Waals surface area contributed by atoms with Crippen molar-refractivity contribution in [3.05, 3.63) is 64.8 Å².